The van der Waals surface area contributed by atoms with Gasteiger partial charge in [-0.25, -0.2) is 0 Å². The zero-order valence-electron chi connectivity index (χ0n) is 8.22. The van der Waals surface area contributed by atoms with Gasteiger partial charge in [-0.15, -0.1) is 0 Å². The van der Waals surface area contributed by atoms with Crippen molar-refractivity contribution in [1.29, 1.82) is 0 Å². The number of nitrogen functional groups attached to an aromatic ring is 1. The number of hydrogen-bond acceptors (Lipinski definition) is 4. The maximum Gasteiger partial charge on any atom is 0.169 e. The van der Waals surface area contributed by atoms with Crippen LogP contribution in [0.25, 0.3) is 0 Å². The third kappa shape index (κ3) is 2.05. The molecule has 0 amide bonds. The summed E-state index contributed by atoms with van der Waals surface area (Å²) in [5.74, 6) is 0.415. The standard InChI is InChI=1S/C11H10BrNO3/c12-10-4-3-9(16-10)11(15)7-5-6(14)1-2-8(7)13/h1-5,11,14-15H,13H2. The second-order valence-corrected chi connectivity index (χ2v) is 4.14. The molecule has 0 bridgehead atoms. The normalized spacial score (nSPS) is 12.6. The number of hydrogen-bond donors (Lipinski definition) is 3. The van der Waals surface area contributed by atoms with Gasteiger partial charge in [-0.05, 0) is 46.3 Å². The average molecular weight is 284 g/mol. The highest BCUT2D eigenvalue weighted by Crippen LogP contribution is 2.31. The number of halogens is 1. The summed E-state index contributed by atoms with van der Waals surface area (Å²) in [4.78, 5) is 0. The van der Waals surface area contributed by atoms with Gasteiger partial charge in [0, 0.05) is 11.3 Å². The first-order valence-corrected chi connectivity index (χ1v) is 5.39. The molecule has 1 aromatic heterocycles. The quantitative estimate of drug-likeness (QED) is 0.584. The molecule has 2 aromatic rings. The van der Waals surface area contributed by atoms with Crippen LogP contribution >= 0.6 is 15.9 Å². The fourth-order valence-electron chi connectivity index (χ4n) is 1.43. The van der Waals surface area contributed by atoms with Gasteiger partial charge in [0.25, 0.3) is 0 Å². The Balaban J connectivity index is 2.40. The highest BCUT2D eigenvalue weighted by atomic mass is 79.9. The highest BCUT2D eigenvalue weighted by Gasteiger charge is 2.17. The van der Waals surface area contributed by atoms with Crippen LogP contribution in [0.15, 0.2) is 39.4 Å². The molecule has 0 saturated carbocycles. The van der Waals surface area contributed by atoms with Gasteiger partial charge in [-0.1, -0.05) is 0 Å². The SMILES string of the molecule is Nc1ccc(O)cc1C(O)c1ccc(Br)o1. The number of aliphatic hydroxyl groups is 1. The van der Waals surface area contributed by atoms with Crippen LogP contribution in [0.2, 0.25) is 0 Å². The maximum absolute atomic E-state index is 10.0. The van der Waals surface area contributed by atoms with Gasteiger partial charge in [0.15, 0.2) is 4.67 Å². The van der Waals surface area contributed by atoms with E-state index in [1.807, 2.05) is 0 Å². The van der Waals surface area contributed by atoms with Crippen LogP contribution in [0.5, 0.6) is 5.75 Å². The summed E-state index contributed by atoms with van der Waals surface area (Å²) in [6.07, 6.45) is -0.988. The van der Waals surface area contributed by atoms with E-state index in [9.17, 15) is 10.2 Å². The summed E-state index contributed by atoms with van der Waals surface area (Å²) in [5, 5.41) is 19.3. The van der Waals surface area contributed by atoms with Gasteiger partial charge in [-0.3, -0.25) is 0 Å². The molecule has 84 valence electrons. The van der Waals surface area contributed by atoms with E-state index in [-0.39, 0.29) is 5.75 Å². The Hall–Kier alpha value is -1.46. The van der Waals surface area contributed by atoms with E-state index in [4.69, 9.17) is 10.2 Å². The summed E-state index contributed by atoms with van der Waals surface area (Å²) < 4.78 is 5.75. The number of aromatic hydroxyl groups is 1. The number of phenols is 1. The molecular formula is C11H10BrNO3. The molecule has 1 heterocycles. The summed E-state index contributed by atoms with van der Waals surface area (Å²) >= 11 is 3.15. The summed E-state index contributed by atoms with van der Waals surface area (Å²) in [5.41, 5.74) is 6.53. The van der Waals surface area contributed by atoms with Gasteiger partial charge in [-0.2, -0.15) is 0 Å². The Bertz CT molecular complexity index is 510. The number of nitrogens with two attached hydrogens (primary N) is 1. The third-order valence-corrected chi connectivity index (χ3v) is 2.65. The van der Waals surface area contributed by atoms with Crippen molar-refractivity contribution in [3.8, 4) is 5.75 Å². The van der Waals surface area contributed by atoms with Crippen molar-refractivity contribution in [2.45, 2.75) is 6.10 Å². The molecule has 16 heavy (non-hydrogen) atoms. The Kier molecular flexibility index (Phi) is 2.89. The lowest BCUT2D eigenvalue weighted by molar-refractivity contribution is 0.188. The minimum absolute atomic E-state index is 0.0499. The van der Waals surface area contributed by atoms with Crippen molar-refractivity contribution in [2.75, 3.05) is 5.73 Å². The molecule has 1 atom stereocenters. The number of rotatable bonds is 2. The molecule has 0 saturated heterocycles. The van der Waals surface area contributed by atoms with Gasteiger partial charge >= 0.3 is 0 Å². The first kappa shape index (κ1) is 11.0. The van der Waals surface area contributed by atoms with Crippen molar-refractivity contribution in [2.24, 2.45) is 0 Å². The van der Waals surface area contributed by atoms with E-state index in [0.717, 1.165) is 0 Å². The molecule has 0 fully saturated rings. The molecule has 0 aliphatic rings. The Morgan fingerprint density at radius 1 is 1.25 bits per heavy atom. The Morgan fingerprint density at radius 2 is 2.00 bits per heavy atom. The predicted molar refractivity (Wildman–Crippen MR) is 63.0 cm³/mol. The van der Waals surface area contributed by atoms with Crippen LogP contribution < -0.4 is 5.73 Å². The van der Waals surface area contributed by atoms with Crippen molar-refractivity contribution in [3.63, 3.8) is 0 Å². The number of phenolic OH excluding ortho intramolecular Hbond substituents is 1. The topological polar surface area (TPSA) is 79.6 Å². The van der Waals surface area contributed by atoms with Crippen molar-refractivity contribution >= 4 is 21.6 Å². The molecular weight excluding hydrogens is 274 g/mol. The lowest BCUT2D eigenvalue weighted by Crippen LogP contribution is -2.02. The van der Waals surface area contributed by atoms with Crippen LogP contribution in [0.1, 0.15) is 17.4 Å². The number of aliphatic hydroxyl groups excluding tert-OH is 1. The second-order valence-electron chi connectivity index (χ2n) is 3.36. The largest absolute Gasteiger partial charge is 0.508 e. The molecule has 2 rings (SSSR count). The fourth-order valence-corrected chi connectivity index (χ4v) is 1.75. The number of furan rings is 1. The van der Waals surface area contributed by atoms with E-state index < -0.39 is 6.10 Å². The highest BCUT2D eigenvalue weighted by molar-refractivity contribution is 9.10. The maximum atomic E-state index is 10.0. The van der Waals surface area contributed by atoms with Gasteiger partial charge in [0.1, 0.15) is 17.6 Å². The summed E-state index contributed by atoms with van der Waals surface area (Å²) in [6, 6.07) is 7.72. The Morgan fingerprint density at radius 3 is 2.62 bits per heavy atom. The lowest BCUT2D eigenvalue weighted by atomic mass is 10.1. The van der Waals surface area contributed by atoms with Crippen LogP contribution in [0, 0.1) is 0 Å². The van der Waals surface area contributed by atoms with E-state index >= 15 is 0 Å². The smallest absolute Gasteiger partial charge is 0.169 e. The molecule has 0 aliphatic heterocycles. The first-order valence-electron chi connectivity index (χ1n) is 4.59. The monoisotopic (exact) mass is 283 g/mol. The van der Waals surface area contributed by atoms with Gasteiger partial charge in [0.2, 0.25) is 0 Å². The lowest BCUT2D eigenvalue weighted by Gasteiger charge is -2.11. The summed E-state index contributed by atoms with van der Waals surface area (Å²) in [6.45, 7) is 0. The van der Waals surface area contributed by atoms with Crippen molar-refractivity contribution < 1.29 is 14.6 Å². The van der Waals surface area contributed by atoms with Crippen LogP contribution in [0.4, 0.5) is 5.69 Å². The van der Waals surface area contributed by atoms with Crippen LogP contribution in [-0.2, 0) is 0 Å². The van der Waals surface area contributed by atoms with Gasteiger partial charge < -0.3 is 20.4 Å². The van der Waals surface area contributed by atoms with E-state index in [1.54, 1.807) is 12.1 Å². The van der Waals surface area contributed by atoms with Crippen molar-refractivity contribution in [1.82, 2.24) is 0 Å². The predicted octanol–water partition coefficient (Wildman–Crippen LogP) is 2.41. The summed E-state index contributed by atoms with van der Waals surface area (Å²) in [7, 11) is 0. The molecule has 5 heteroatoms. The average Bonchev–Trinajstić information content (AvgIpc) is 2.67. The molecule has 0 aliphatic carbocycles. The van der Waals surface area contributed by atoms with Crippen LogP contribution in [-0.4, -0.2) is 10.2 Å². The zero-order chi connectivity index (χ0) is 11.7. The van der Waals surface area contributed by atoms with E-state index in [1.165, 1.54) is 18.2 Å². The minimum atomic E-state index is -0.988. The molecule has 0 spiro atoms. The molecule has 4 nitrogen and oxygen atoms in total. The molecule has 4 N–H and O–H groups in total. The third-order valence-electron chi connectivity index (χ3n) is 2.23. The minimum Gasteiger partial charge on any atom is -0.508 e. The molecule has 1 aromatic carbocycles. The number of anilines is 1. The van der Waals surface area contributed by atoms with Gasteiger partial charge in [0.05, 0.1) is 0 Å². The molecule has 0 radical (unpaired) electrons. The Labute approximate surface area is 100 Å². The van der Waals surface area contributed by atoms with E-state index in [2.05, 4.69) is 15.9 Å². The van der Waals surface area contributed by atoms with Crippen LogP contribution in [0.3, 0.4) is 0 Å². The second kappa shape index (κ2) is 4.19. The fraction of sp³-hybridized carbons (Fsp3) is 0.0909. The number of benzene rings is 1. The van der Waals surface area contributed by atoms with E-state index in [0.29, 0.717) is 21.7 Å². The molecule has 1 unspecified atom stereocenters. The van der Waals surface area contributed by atoms with Crippen molar-refractivity contribution in [3.05, 3.63) is 46.3 Å². The zero-order valence-corrected chi connectivity index (χ0v) is 9.81. The first-order chi connectivity index (χ1) is 7.58.